The summed E-state index contributed by atoms with van der Waals surface area (Å²) in [6, 6.07) is 0. The van der Waals surface area contributed by atoms with Crippen LogP contribution >= 0.6 is 39.4 Å². The van der Waals surface area contributed by atoms with E-state index in [4.69, 9.17) is 18.9 Å². The molecule has 2 rings (SSSR count). The molecular weight excluding hydrogens is 450 g/mol. The topological polar surface area (TPSA) is 57.2 Å². The van der Waals surface area contributed by atoms with Crippen molar-refractivity contribution >= 4 is 39.4 Å². The Morgan fingerprint density at radius 3 is 2.83 bits per heavy atom. The second-order valence-corrected chi connectivity index (χ2v) is 7.84. The molecule has 8 heteroatoms. The third-order valence-electron chi connectivity index (χ3n) is 3.77. The lowest BCUT2D eigenvalue weighted by molar-refractivity contribution is -0.0927. The molecule has 1 aliphatic heterocycles. The maximum atomic E-state index is 10.2. The van der Waals surface area contributed by atoms with Gasteiger partial charge in [0.1, 0.15) is 11.5 Å². The Kier molecular flexibility index (Phi) is 8.18. The molecule has 0 saturated carbocycles. The summed E-state index contributed by atoms with van der Waals surface area (Å²) in [5.74, 6) is 2.35. The van der Waals surface area contributed by atoms with Gasteiger partial charge in [0.25, 0.3) is 0 Å². The lowest BCUT2D eigenvalue weighted by Gasteiger charge is -2.21. The number of ether oxygens (including phenoxy) is 4. The van der Waals surface area contributed by atoms with E-state index in [1.54, 1.807) is 16.0 Å². The van der Waals surface area contributed by atoms with E-state index in [1.807, 2.05) is 6.92 Å². The number of halogens is 1. The van der Waals surface area contributed by atoms with Gasteiger partial charge in [-0.05, 0) is 39.3 Å². The van der Waals surface area contributed by atoms with Crippen LogP contribution in [0.25, 0.3) is 0 Å². The third kappa shape index (κ3) is 4.44. The molecule has 0 fully saturated rings. The number of aliphatic hydroxyl groups is 1. The molecule has 23 heavy (non-hydrogen) atoms. The Labute approximate surface area is 155 Å². The molecule has 1 aliphatic rings. The number of benzene rings is 1. The first kappa shape index (κ1) is 19.5. The lowest BCUT2D eigenvalue weighted by atomic mass is 9.95. The summed E-state index contributed by atoms with van der Waals surface area (Å²) in [6.07, 6.45) is 0.295. The molecule has 0 radical (unpaired) electrons. The van der Waals surface area contributed by atoms with Crippen LogP contribution < -0.4 is 9.47 Å². The Morgan fingerprint density at radius 1 is 1.39 bits per heavy atom. The van der Waals surface area contributed by atoms with Crippen LogP contribution in [0.4, 0.5) is 0 Å². The highest BCUT2D eigenvalue weighted by atomic mass is 127. The third-order valence-corrected chi connectivity index (χ3v) is 5.65. The van der Waals surface area contributed by atoms with E-state index in [2.05, 4.69) is 30.4 Å². The van der Waals surface area contributed by atoms with Crippen molar-refractivity contribution in [2.75, 3.05) is 32.4 Å². The number of rotatable bonds is 9. The molecule has 0 spiro atoms. The van der Waals surface area contributed by atoms with Crippen molar-refractivity contribution in [2.24, 2.45) is 0 Å². The van der Waals surface area contributed by atoms with E-state index in [-0.39, 0.29) is 0 Å². The minimum absolute atomic E-state index is 0.373. The average molecular weight is 472 g/mol. The predicted molar refractivity (Wildman–Crippen MR) is 104 cm³/mol. The summed E-state index contributed by atoms with van der Waals surface area (Å²) in [6.45, 7) is 3.49. The monoisotopic (exact) mass is 472 g/mol. The van der Waals surface area contributed by atoms with Gasteiger partial charge < -0.3 is 24.1 Å². The highest BCUT2D eigenvalue weighted by Crippen LogP contribution is 2.46. The molecule has 0 aromatic heterocycles. The van der Waals surface area contributed by atoms with Gasteiger partial charge in [-0.1, -0.05) is 8.93 Å². The van der Waals surface area contributed by atoms with Crippen molar-refractivity contribution in [1.82, 2.24) is 0 Å². The van der Waals surface area contributed by atoms with Crippen molar-refractivity contribution in [1.29, 1.82) is 0 Å². The molecule has 2 unspecified atom stereocenters. The fourth-order valence-electron chi connectivity index (χ4n) is 2.76. The number of methoxy groups -OCH3 is 1. The highest BCUT2D eigenvalue weighted by molar-refractivity contribution is 14.2. The van der Waals surface area contributed by atoms with Crippen LogP contribution in [0.15, 0.2) is 0 Å². The van der Waals surface area contributed by atoms with Gasteiger partial charge in [0.15, 0.2) is 6.29 Å². The zero-order chi connectivity index (χ0) is 16.8. The number of hydrogen-bond acceptors (Lipinski definition) is 6. The highest BCUT2D eigenvalue weighted by Gasteiger charge is 2.32. The van der Waals surface area contributed by atoms with E-state index in [0.29, 0.717) is 38.3 Å². The van der Waals surface area contributed by atoms with Crippen LogP contribution in [0.1, 0.15) is 28.5 Å². The molecule has 0 bridgehead atoms. The van der Waals surface area contributed by atoms with Crippen molar-refractivity contribution in [3.05, 3.63) is 22.3 Å². The van der Waals surface area contributed by atoms with Crippen LogP contribution in [-0.4, -0.2) is 37.5 Å². The Bertz CT molecular complexity index is 543. The summed E-state index contributed by atoms with van der Waals surface area (Å²) < 4.78 is 22.5. The number of aliphatic hydroxyl groups excluding tert-OH is 1. The molecule has 1 aromatic carbocycles. The van der Waals surface area contributed by atoms with Crippen LogP contribution in [-0.2, 0) is 22.5 Å². The van der Waals surface area contributed by atoms with E-state index in [1.165, 1.54) is 0 Å². The molecule has 1 aromatic rings. The fourth-order valence-corrected chi connectivity index (χ4v) is 3.61. The van der Waals surface area contributed by atoms with Gasteiger partial charge in [-0.3, -0.25) is 0 Å². The molecule has 0 aliphatic carbocycles. The van der Waals surface area contributed by atoms with E-state index in [0.717, 1.165) is 33.8 Å². The maximum Gasteiger partial charge on any atom is 0.185 e. The first-order chi connectivity index (χ1) is 11.2. The quantitative estimate of drug-likeness (QED) is 0.338. The summed E-state index contributed by atoms with van der Waals surface area (Å²) in [5, 5.41) is 10.2. The van der Waals surface area contributed by atoms with Crippen LogP contribution in [0.5, 0.6) is 11.5 Å². The van der Waals surface area contributed by atoms with Crippen molar-refractivity contribution < 1.29 is 24.1 Å². The van der Waals surface area contributed by atoms with Gasteiger partial charge in [0.05, 0.1) is 38.8 Å². The molecule has 1 heterocycles. The van der Waals surface area contributed by atoms with Crippen molar-refractivity contribution in [3.8, 4) is 11.5 Å². The van der Waals surface area contributed by atoms with Gasteiger partial charge in [-0.15, -0.1) is 9.24 Å². The summed E-state index contributed by atoms with van der Waals surface area (Å²) in [5.41, 5.74) is 3.63. The fraction of sp³-hybridized carbons (Fsp3) is 0.600. The molecule has 0 saturated heterocycles. The number of fused-ring (bicyclic) bond motifs is 1. The second kappa shape index (κ2) is 9.63. The minimum atomic E-state index is -0.946. The molecular formula is C15H22IO5PS. The molecule has 2 atom stereocenters. The van der Waals surface area contributed by atoms with Gasteiger partial charge in [0, 0.05) is 17.7 Å². The Balaban J connectivity index is 2.46. The predicted octanol–water partition coefficient (Wildman–Crippen LogP) is 3.38. The SMILES string of the molecule is COc1c(C)c2c(c(OCCSI)c1CCOCP)C(O)OC2. The maximum absolute atomic E-state index is 10.2. The molecule has 1 N–H and O–H groups in total. The minimum Gasteiger partial charge on any atom is -0.496 e. The average Bonchev–Trinajstić information content (AvgIpc) is 2.93. The van der Waals surface area contributed by atoms with Crippen molar-refractivity contribution in [3.63, 3.8) is 0 Å². The second-order valence-electron chi connectivity index (χ2n) is 5.01. The van der Waals surface area contributed by atoms with Gasteiger partial charge in [-0.25, -0.2) is 0 Å². The molecule has 0 amide bonds. The first-order valence-electron chi connectivity index (χ1n) is 7.31. The van der Waals surface area contributed by atoms with E-state index in [9.17, 15) is 5.11 Å². The van der Waals surface area contributed by atoms with Gasteiger partial charge in [0.2, 0.25) is 0 Å². The normalized spacial score (nSPS) is 16.5. The molecule has 130 valence electrons. The summed E-state index contributed by atoms with van der Waals surface area (Å²) in [7, 11) is 5.89. The smallest absolute Gasteiger partial charge is 0.185 e. The van der Waals surface area contributed by atoms with Crippen molar-refractivity contribution in [2.45, 2.75) is 26.2 Å². The Hall–Kier alpha value is 0.210. The van der Waals surface area contributed by atoms with E-state index < -0.39 is 6.29 Å². The Morgan fingerprint density at radius 2 is 2.17 bits per heavy atom. The zero-order valence-electron chi connectivity index (χ0n) is 13.3. The van der Waals surface area contributed by atoms with Gasteiger partial charge >= 0.3 is 0 Å². The zero-order valence-corrected chi connectivity index (χ0v) is 17.4. The van der Waals surface area contributed by atoms with Crippen LogP contribution in [0, 0.1) is 6.92 Å². The lowest BCUT2D eigenvalue weighted by Crippen LogP contribution is -2.11. The van der Waals surface area contributed by atoms with Gasteiger partial charge in [-0.2, -0.15) is 0 Å². The first-order valence-corrected chi connectivity index (χ1v) is 11.7. The standard InChI is InChI=1S/C15H22IO5PS/c1-9-11-7-21-15(17)12(11)14(20-5-6-23-16)10(13(9)18-2)3-4-19-8-22/h15,17H,3-8,22H2,1-2H3. The van der Waals surface area contributed by atoms with E-state index >= 15 is 0 Å². The summed E-state index contributed by atoms with van der Waals surface area (Å²) in [4.78, 5) is 0. The largest absolute Gasteiger partial charge is 0.496 e. The number of hydrogen-bond donors (Lipinski definition) is 1. The molecule has 5 nitrogen and oxygen atoms in total. The van der Waals surface area contributed by atoms with Crippen LogP contribution in [0.2, 0.25) is 0 Å². The summed E-state index contributed by atoms with van der Waals surface area (Å²) >= 11 is 2.24. The van der Waals surface area contributed by atoms with Crippen LogP contribution in [0.3, 0.4) is 0 Å².